The van der Waals surface area contributed by atoms with Crippen molar-refractivity contribution in [3.8, 4) is 11.4 Å². The van der Waals surface area contributed by atoms with Gasteiger partial charge < -0.3 is 0 Å². The second-order valence-corrected chi connectivity index (χ2v) is 3.64. The summed E-state index contributed by atoms with van der Waals surface area (Å²) in [6, 6.07) is 6.98. The standard InChI is InChI=1S/C10H10ClN5O/c1-12-16-9-13-8(14-10(17)15-9)6-2-4-7(11)5-3-6/h2-5,12H,1H3,(H2,13,14,15,16,17). The molecule has 7 heteroatoms. The van der Waals surface area contributed by atoms with Gasteiger partial charge in [-0.2, -0.15) is 9.97 Å². The normalized spacial score (nSPS) is 10.2. The van der Waals surface area contributed by atoms with Crippen molar-refractivity contribution < 1.29 is 0 Å². The van der Waals surface area contributed by atoms with E-state index in [1.54, 1.807) is 31.3 Å². The summed E-state index contributed by atoms with van der Waals surface area (Å²) in [6.45, 7) is 0. The molecule has 1 aromatic carbocycles. The average molecular weight is 252 g/mol. The van der Waals surface area contributed by atoms with Crippen LogP contribution in [0.3, 0.4) is 0 Å². The zero-order valence-corrected chi connectivity index (χ0v) is 9.75. The first-order valence-corrected chi connectivity index (χ1v) is 5.24. The highest BCUT2D eigenvalue weighted by molar-refractivity contribution is 6.30. The number of aromatic amines is 1. The summed E-state index contributed by atoms with van der Waals surface area (Å²) in [7, 11) is 1.66. The second-order valence-electron chi connectivity index (χ2n) is 3.21. The van der Waals surface area contributed by atoms with Crippen molar-refractivity contribution in [1.29, 1.82) is 0 Å². The molecular weight excluding hydrogens is 242 g/mol. The minimum absolute atomic E-state index is 0.209. The maximum absolute atomic E-state index is 11.3. The minimum atomic E-state index is -0.470. The summed E-state index contributed by atoms with van der Waals surface area (Å²) in [5.41, 5.74) is 5.59. The van der Waals surface area contributed by atoms with Crippen LogP contribution in [0.5, 0.6) is 0 Å². The lowest BCUT2D eigenvalue weighted by molar-refractivity contribution is 0.905. The molecule has 88 valence electrons. The van der Waals surface area contributed by atoms with Gasteiger partial charge in [0.15, 0.2) is 0 Å². The minimum Gasteiger partial charge on any atom is -0.290 e. The number of hydrogen-bond acceptors (Lipinski definition) is 5. The summed E-state index contributed by atoms with van der Waals surface area (Å²) in [6.07, 6.45) is 0. The van der Waals surface area contributed by atoms with E-state index in [9.17, 15) is 4.79 Å². The first-order chi connectivity index (χ1) is 8.19. The second kappa shape index (κ2) is 4.94. The summed E-state index contributed by atoms with van der Waals surface area (Å²) in [4.78, 5) is 21.7. The van der Waals surface area contributed by atoms with E-state index in [0.717, 1.165) is 5.56 Å². The predicted octanol–water partition coefficient (Wildman–Crippen LogP) is 1.03. The van der Waals surface area contributed by atoms with Crippen LogP contribution >= 0.6 is 11.6 Å². The number of halogens is 1. The van der Waals surface area contributed by atoms with Gasteiger partial charge in [0.1, 0.15) is 5.82 Å². The monoisotopic (exact) mass is 251 g/mol. The van der Waals surface area contributed by atoms with Gasteiger partial charge in [-0.15, -0.1) is 0 Å². The summed E-state index contributed by atoms with van der Waals surface area (Å²) < 4.78 is 0. The van der Waals surface area contributed by atoms with E-state index in [-0.39, 0.29) is 5.95 Å². The predicted molar refractivity (Wildman–Crippen MR) is 65.8 cm³/mol. The third kappa shape index (κ3) is 2.80. The summed E-state index contributed by atoms with van der Waals surface area (Å²) >= 11 is 5.78. The molecule has 0 atom stereocenters. The SMILES string of the molecule is CNNc1nc(-c2ccc(Cl)cc2)[nH]c(=O)n1. The maximum atomic E-state index is 11.3. The number of nitrogens with zero attached hydrogens (tertiary/aromatic N) is 2. The average Bonchev–Trinajstić information content (AvgIpc) is 2.29. The highest BCUT2D eigenvalue weighted by Gasteiger charge is 2.04. The van der Waals surface area contributed by atoms with E-state index in [2.05, 4.69) is 25.8 Å². The number of nitrogens with one attached hydrogen (secondary N) is 3. The third-order valence-corrected chi connectivity index (χ3v) is 2.26. The van der Waals surface area contributed by atoms with Crippen molar-refractivity contribution in [2.45, 2.75) is 0 Å². The molecule has 3 N–H and O–H groups in total. The van der Waals surface area contributed by atoms with Crippen LogP contribution in [0.4, 0.5) is 5.95 Å². The van der Waals surface area contributed by atoms with Gasteiger partial charge in [-0.1, -0.05) is 11.6 Å². The van der Waals surface area contributed by atoms with E-state index in [4.69, 9.17) is 11.6 Å². The van der Waals surface area contributed by atoms with Crippen molar-refractivity contribution in [3.63, 3.8) is 0 Å². The lowest BCUT2D eigenvalue weighted by Gasteiger charge is -2.04. The van der Waals surface area contributed by atoms with Gasteiger partial charge in [-0.3, -0.25) is 10.4 Å². The first-order valence-electron chi connectivity index (χ1n) is 4.86. The number of anilines is 1. The molecule has 0 radical (unpaired) electrons. The Hall–Kier alpha value is -1.92. The van der Waals surface area contributed by atoms with Crippen molar-refractivity contribution in [1.82, 2.24) is 20.4 Å². The maximum Gasteiger partial charge on any atom is 0.349 e. The summed E-state index contributed by atoms with van der Waals surface area (Å²) in [5, 5.41) is 0.624. The van der Waals surface area contributed by atoms with Crippen molar-refractivity contribution >= 4 is 17.5 Å². The zero-order valence-electron chi connectivity index (χ0n) is 8.99. The fourth-order valence-electron chi connectivity index (χ4n) is 1.30. The molecule has 17 heavy (non-hydrogen) atoms. The van der Waals surface area contributed by atoms with E-state index >= 15 is 0 Å². The molecule has 6 nitrogen and oxygen atoms in total. The highest BCUT2D eigenvalue weighted by atomic mass is 35.5. The molecule has 0 saturated carbocycles. The number of benzene rings is 1. The van der Waals surface area contributed by atoms with Crippen LogP contribution in [0, 0.1) is 0 Å². The molecule has 0 aliphatic carbocycles. The summed E-state index contributed by atoms with van der Waals surface area (Å²) in [5.74, 6) is 0.639. The molecule has 0 amide bonds. The Balaban J connectivity index is 2.44. The van der Waals surface area contributed by atoms with Gasteiger partial charge in [0.25, 0.3) is 0 Å². The lowest BCUT2D eigenvalue weighted by atomic mass is 10.2. The molecule has 0 spiro atoms. The quantitative estimate of drug-likeness (QED) is 0.710. The number of hydrogen-bond donors (Lipinski definition) is 3. The number of hydrazine groups is 1. The molecule has 0 saturated heterocycles. The van der Waals surface area contributed by atoms with Crippen molar-refractivity contribution in [2.75, 3.05) is 12.5 Å². The van der Waals surface area contributed by atoms with Crippen molar-refractivity contribution in [2.24, 2.45) is 0 Å². The highest BCUT2D eigenvalue weighted by Crippen LogP contribution is 2.17. The van der Waals surface area contributed by atoms with Crippen LogP contribution in [0.15, 0.2) is 29.1 Å². The molecule has 0 unspecified atom stereocenters. The number of H-pyrrole nitrogens is 1. The fraction of sp³-hybridized carbons (Fsp3) is 0.100. The Morgan fingerprint density at radius 3 is 2.59 bits per heavy atom. The van der Waals surface area contributed by atoms with E-state index in [0.29, 0.717) is 10.8 Å². The van der Waals surface area contributed by atoms with Gasteiger partial charge >= 0.3 is 5.69 Å². The Morgan fingerprint density at radius 2 is 1.94 bits per heavy atom. The van der Waals surface area contributed by atoms with Crippen LogP contribution in [-0.4, -0.2) is 22.0 Å². The van der Waals surface area contributed by atoms with Crippen LogP contribution < -0.4 is 16.5 Å². The lowest BCUT2D eigenvalue weighted by Crippen LogP contribution is -2.22. The third-order valence-electron chi connectivity index (χ3n) is 2.00. The first kappa shape index (κ1) is 11.6. The Morgan fingerprint density at radius 1 is 1.24 bits per heavy atom. The van der Waals surface area contributed by atoms with E-state index in [1.165, 1.54) is 0 Å². The number of rotatable bonds is 3. The van der Waals surface area contributed by atoms with Crippen LogP contribution in [-0.2, 0) is 0 Å². The molecule has 0 aliphatic rings. The Labute approximate surface area is 102 Å². The molecule has 0 aliphatic heterocycles. The van der Waals surface area contributed by atoms with Gasteiger partial charge in [0, 0.05) is 17.6 Å². The molecule has 1 aromatic heterocycles. The molecule has 1 heterocycles. The Kier molecular flexibility index (Phi) is 3.36. The van der Waals surface area contributed by atoms with Crippen LogP contribution in [0.1, 0.15) is 0 Å². The van der Waals surface area contributed by atoms with Gasteiger partial charge in [0.05, 0.1) is 0 Å². The van der Waals surface area contributed by atoms with Gasteiger partial charge in [0.2, 0.25) is 5.95 Å². The molecule has 0 fully saturated rings. The largest absolute Gasteiger partial charge is 0.349 e. The van der Waals surface area contributed by atoms with E-state index in [1.807, 2.05) is 0 Å². The Bertz CT molecular complexity index is 566. The van der Waals surface area contributed by atoms with Gasteiger partial charge in [-0.05, 0) is 24.3 Å². The van der Waals surface area contributed by atoms with Crippen LogP contribution in [0.25, 0.3) is 11.4 Å². The zero-order chi connectivity index (χ0) is 12.3. The fourth-order valence-corrected chi connectivity index (χ4v) is 1.42. The topological polar surface area (TPSA) is 82.7 Å². The molecule has 2 aromatic rings. The molecule has 2 rings (SSSR count). The molecular formula is C10H10ClN5O. The van der Waals surface area contributed by atoms with Crippen LogP contribution in [0.2, 0.25) is 5.02 Å². The smallest absolute Gasteiger partial charge is 0.290 e. The molecule has 0 bridgehead atoms. The van der Waals surface area contributed by atoms with Crippen molar-refractivity contribution in [3.05, 3.63) is 39.8 Å². The van der Waals surface area contributed by atoms with Gasteiger partial charge in [-0.25, -0.2) is 10.2 Å². The number of aromatic nitrogens is 3. The van der Waals surface area contributed by atoms with E-state index < -0.39 is 5.69 Å².